The summed E-state index contributed by atoms with van der Waals surface area (Å²) in [6.45, 7) is 8.56. The SMILES string of the molecule is Cc1ccc(C(=O)NC(C)(CN)C(C)C)cc1I.Cl. The van der Waals surface area contributed by atoms with Crippen molar-refractivity contribution in [2.24, 2.45) is 11.7 Å². The fourth-order valence-corrected chi connectivity index (χ4v) is 2.01. The number of hydrogen-bond acceptors (Lipinski definition) is 2. The van der Waals surface area contributed by atoms with Gasteiger partial charge in [-0.25, -0.2) is 0 Å². The first-order chi connectivity index (χ1) is 8.30. The van der Waals surface area contributed by atoms with Crippen molar-refractivity contribution in [3.8, 4) is 0 Å². The van der Waals surface area contributed by atoms with E-state index in [4.69, 9.17) is 5.73 Å². The molecule has 5 heteroatoms. The summed E-state index contributed by atoms with van der Waals surface area (Å²) in [5, 5.41) is 3.04. The molecule has 1 rings (SSSR count). The van der Waals surface area contributed by atoms with Crippen LogP contribution < -0.4 is 11.1 Å². The highest BCUT2D eigenvalue weighted by molar-refractivity contribution is 14.1. The van der Waals surface area contributed by atoms with E-state index in [0.717, 1.165) is 3.57 Å². The van der Waals surface area contributed by atoms with Crippen molar-refractivity contribution in [1.29, 1.82) is 0 Å². The lowest BCUT2D eigenvalue weighted by atomic mass is 9.88. The molecule has 3 N–H and O–H groups in total. The summed E-state index contributed by atoms with van der Waals surface area (Å²) < 4.78 is 1.10. The van der Waals surface area contributed by atoms with E-state index in [1.807, 2.05) is 32.0 Å². The Labute approximate surface area is 135 Å². The number of benzene rings is 1. The van der Waals surface area contributed by atoms with Gasteiger partial charge in [-0.2, -0.15) is 0 Å². The van der Waals surface area contributed by atoms with Crippen molar-refractivity contribution in [1.82, 2.24) is 5.32 Å². The second-order valence-corrected chi connectivity index (χ2v) is 6.36. The van der Waals surface area contributed by atoms with Gasteiger partial charge in [0.1, 0.15) is 0 Å². The summed E-state index contributed by atoms with van der Waals surface area (Å²) in [5.41, 5.74) is 7.27. The minimum atomic E-state index is -0.368. The van der Waals surface area contributed by atoms with Gasteiger partial charge >= 0.3 is 0 Å². The smallest absolute Gasteiger partial charge is 0.251 e. The van der Waals surface area contributed by atoms with Crippen LogP contribution in [0.1, 0.15) is 36.7 Å². The second kappa shape index (κ2) is 7.45. The predicted molar refractivity (Wildman–Crippen MR) is 90.9 cm³/mol. The number of halogens is 2. The van der Waals surface area contributed by atoms with Gasteiger partial charge in [0.2, 0.25) is 0 Å². The van der Waals surface area contributed by atoms with Gasteiger partial charge in [0, 0.05) is 15.7 Å². The molecule has 0 saturated heterocycles. The van der Waals surface area contributed by atoms with Gasteiger partial charge in [-0.15, -0.1) is 12.4 Å². The normalized spacial score (nSPS) is 13.6. The van der Waals surface area contributed by atoms with E-state index < -0.39 is 0 Å². The molecule has 1 unspecified atom stereocenters. The highest BCUT2D eigenvalue weighted by Crippen LogP contribution is 2.17. The summed E-state index contributed by atoms with van der Waals surface area (Å²) in [4.78, 5) is 12.2. The van der Waals surface area contributed by atoms with Crippen LogP contribution in [0.3, 0.4) is 0 Å². The highest BCUT2D eigenvalue weighted by Gasteiger charge is 2.28. The number of nitrogens with one attached hydrogen (secondary N) is 1. The number of carbonyl (C=O) groups excluding carboxylic acids is 1. The van der Waals surface area contributed by atoms with Crippen LogP contribution in [-0.4, -0.2) is 18.0 Å². The van der Waals surface area contributed by atoms with E-state index in [1.165, 1.54) is 5.56 Å². The monoisotopic (exact) mass is 396 g/mol. The molecule has 1 aromatic carbocycles. The Kier molecular flexibility index (Phi) is 7.32. The molecule has 0 aromatic heterocycles. The largest absolute Gasteiger partial charge is 0.345 e. The fourth-order valence-electron chi connectivity index (χ4n) is 1.50. The van der Waals surface area contributed by atoms with E-state index in [-0.39, 0.29) is 29.8 Å². The Morgan fingerprint density at radius 3 is 2.47 bits per heavy atom. The Morgan fingerprint density at radius 1 is 1.47 bits per heavy atom. The molecule has 0 heterocycles. The average molecular weight is 397 g/mol. The molecule has 0 saturated carbocycles. The van der Waals surface area contributed by atoms with Crippen molar-refractivity contribution >= 4 is 40.9 Å². The number of rotatable bonds is 4. The first kappa shape index (κ1) is 18.7. The molecule has 1 aromatic rings. The lowest BCUT2D eigenvalue weighted by molar-refractivity contribution is 0.0883. The third-order valence-corrected chi connectivity index (χ3v) is 4.69. The Hall–Kier alpha value is -0.330. The second-order valence-electron chi connectivity index (χ2n) is 5.19. The third-order valence-electron chi connectivity index (χ3n) is 3.53. The number of nitrogens with two attached hydrogens (primary N) is 1. The number of hydrogen-bond donors (Lipinski definition) is 2. The van der Waals surface area contributed by atoms with Crippen LogP contribution in [0.2, 0.25) is 0 Å². The third kappa shape index (κ3) is 4.61. The summed E-state index contributed by atoms with van der Waals surface area (Å²) in [6.07, 6.45) is 0. The maximum atomic E-state index is 12.2. The Balaban J connectivity index is 0.00000324. The zero-order chi connectivity index (χ0) is 13.9. The topological polar surface area (TPSA) is 55.1 Å². The maximum Gasteiger partial charge on any atom is 0.251 e. The maximum absolute atomic E-state index is 12.2. The minimum Gasteiger partial charge on any atom is -0.345 e. The van der Waals surface area contributed by atoms with Gasteiger partial charge in [0.05, 0.1) is 5.54 Å². The zero-order valence-electron chi connectivity index (χ0n) is 11.8. The van der Waals surface area contributed by atoms with Gasteiger partial charge in [-0.1, -0.05) is 19.9 Å². The van der Waals surface area contributed by atoms with E-state index in [1.54, 1.807) is 0 Å². The van der Waals surface area contributed by atoms with Gasteiger partial charge < -0.3 is 11.1 Å². The van der Waals surface area contributed by atoms with Gasteiger partial charge in [0.25, 0.3) is 5.91 Å². The zero-order valence-corrected chi connectivity index (χ0v) is 14.8. The van der Waals surface area contributed by atoms with Crippen molar-refractivity contribution in [2.75, 3.05) is 6.54 Å². The molecule has 0 spiro atoms. The molecule has 1 amide bonds. The van der Waals surface area contributed by atoms with E-state index >= 15 is 0 Å². The Morgan fingerprint density at radius 2 is 2.05 bits per heavy atom. The van der Waals surface area contributed by atoms with E-state index in [2.05, 4.69) is 41.8 Å². The summed E-state index contributed by atoms with van der Waals surface area (Å²) in [6, 6.07) is 5.72. The van der Waals surface area contributed by atoms with Crippen molar-refractivity contribution in [3.63, 3.8) is 0 Å². The van der Waals surface area contributed by atoms with Crippen LogP contribution in [0, 0.1) is 16.4 Å². The first-order valence-corrected chi connectivity index (χ1v) is 7.17. The van der Waals surface area contributed by atoms with Crippen LogP contribution >= 0.6 is 35.0 Å². The molecule has 0 aliphatic rings. The standard InChI is InChI=1S/C14H21IN2O.ClH/c1-9(2)14(4,8-16)17-13(18)11-6-5-10(3)12(15)7-11;/h5-7,9H,8,16H2,1-4H3,(H,17,18);1H. The van der Waals surface area contributed by atoms with Crippen molar-refractivity contribution in [3.05, 3.63) is 32.9 Å². The molecule has 3 nitrogen and oxygen atoms in total. The molecule has 1 atom stereocenters. The minimum absolute atomic E-state index is 0. The fraction of sp³-hybridized carbons (Fsp3) is 0.500. The number of aryl methyl sites for hydroxylation is 1. The van der Waals surface area contributed by atoms with E-state index in [9.17, 15) is 4.79 Å². The molecular weight excluding hydrogens is 375 g/mol. The lowest BCUT2D eigenvalue weighted by Gasteiger charge is -2.33. The van der Waals surface area contributed by atoms with Crippen LogP contribution in [-0.2, 0) is 0 Å². The summed E-state index contributed by atoms with van der Waals surface area (Å²) in [5.74, 6) is 0.227. The molecule has 0 aliphatic carbocycles. The molecule has 0 bridgehead atoms. The summed E-state index contributed by atoms with van der Waals surface area (Å²) in [7, 11) is 0. The molecule has 0 aliphatic heterocycles. The number of carbonyl (C=O) groups is 1. The van der Waals surface area contributed by atoms with Crippen LogP contribution in [0.4, 0.5) is 0 Å². The molecule has 19 heavy (non-hydrogen) atoms. The van der Waals surface area contributed by atoms with Gasteiger partial charge in [-0.3, -0.25) is 4.79 Å². The number of amides is 1. The van der Waals surface area contributed by atoms with Crippen LogP contribution in [0.5, 0.6) is 0 Å². The lowest BCUT2D eigenvalue weighted by Crippen LogP contribution is -2.55. The first-order valence-electron chi connectivity index (χ1n) is 6.09. The molecular formula is C14H22ClIN2O. The predicted octanol–water partition coefficient (Wildman–Crippen LogP) is 3.12. The molecule has 108 valence electrons. The van der Waals surface area contributed by atoms with Crippen molar-refractivity contribution in [2.45, 2.75) is 33.2 Å². The van der Waals surface area contributed by atoms with Gasteiger partial charge in [0.15, 0.2) is 0 Å². The summed E-state index contributed by atoms with van der Waals surface area (Å²) >= 11 is 2.24. The highest BCUT2D eigenvalue weighted by atomic mass is 127. The quantitative estimate of drug-likeness (QED) is 0.768. The van der Waals surface area contributed by atoms with Gasteiger partial charge in [-0.05, 0) is 60.1 Å². The van der Waals surface area contributed by atoms with Crippen LogP contribution in [0.15, 0.2) is 18.2 Å². The molecule has 0 radical (unpaired) electrons. The van der Waals surface area contributed by atoms with Crippen LogP contribution in [0.25, 0.3) is 0 Å². The molecule has 0 fully saturated rings. The Bertz CT molecular complexity index is 451. The van der Waals surface area contributed by atoms with E-state index in [0.29, 0.717) is 12.1 Å². The van der Waals surface area contributed by atoms with Crippen molar-refractivity contribution < 1.29 is 4.79 Å². The average Bonchev–Trinajstić information content (AvgIpc) is 2.32.